The van der Waals surface area contributed by atoms with Gasteiger partial charge in [0.15, 0.2) is 5.78 Å². The first-order chi connectivity index (χ1) is 8.08. The molecule has 0 spiro atoms. The minimum Gasteiger partial charge on any atom is -0.328 e. The zero-order chi connectivity index (χ0) is 12.4. The van der Waals surface area contributed by atoms with Gasteiger partial charge in [-0.15, -0.1) is 0 Å². The van der Waals surface area contributed by atoms with Crippen LogP contribution in [0.25, 0.3) is 0 Å². The van der Waals surface area contributed by atoms with Crippen LogP contribution < -0.4 is 5.73 Å². The maximum atomic E-state index is 12.3. The fourth-order valence-electron chi connectivity index (χ4n) is 2.36. The molecule has 0 amide bonds. The number of benzene rings is 1. The quantitative estimate of drug-likeness (QED) is 0.820. The topological polar surface area (TPSA) is 43.1 Å². The molecule has 1 saturated carbocycles. The first kappa shape index (κ1) is 12.6. The minimum atomic E-state index is 0.133. The fraction of sp³-hybridized carbons (Fsp3) is 0.500. The molecule has 3 heteroatoms. The second-order valence-electron chi connectivity index (χ2n) is 4.94. The minimum absolute atomic E-state index is 0.133. The van der Waals surface area contributed by atoms with Crippen LogP contribution in [0.4, 0.5) is 0 Å². The van der Waals surface area contributed by atoms with E-state index < -0.39 is 0 Å². The number of hydrogen-bond acceptors (Lipinski definition) is 2. The highest BCUT2D eigenvalue weighted by molar-refractivity contribution is 6.31. The summed E-state index contributed by atoms with van der Waals surface area (Å²) in [6.07, 6.45) is 3.73. The van der Waals surface area contributed by atoms with E-state index in [1.807, 2.05) is 19.1 Å². The summed E-state index contributed by atoms with van der Waals surface area (Å²) < 4.78 is 0. The lowest BCUT2D eigenvalue weighted by Crippen LogP contribution is -2.29. The molecule has 0 aliphatic heterocycles. The molecule has 0 heterocycles. The third-order valence-electron chi connectivity index (χ3n) is 3.60. The number of Topliss-reactive ketones (excluding diaryl/α,β-unsaturated/α-hetero) is 1. The van der Waals surface area contributed by atoms with Crippen molar-refractivity contribution in [2.75, 3.05) is 0 Å². The number of nitrogens with two attached hydrogens (primary N) is 1. The Hall–Kier alpha value is -0.860. The number of halogens is 1. The average Bonchev–Trinajstić information content (AvgIpc) is 2.33. The van der Waals surface area contributed by atoms with Crippen LogP contribution in [0.3, 0.4) is 0 Å². The lowest BCUT2D eigenvalue weighted by molar-refractivity contribution is 0.0885. The van der Waals surface area contributed by atoms with Gasteiger partial charge in [0.1, 0.15) is 0 Å². The summed E-state index contributed by atoms with van der Waals surface area (Å²) in [5.41, 5.74) is 7.59. The van der Waals surface area contributed by atoms with Gasteiger partial charge in [0.05, 0.1) is 0 Å². The molecule has 0 atom stereocenters. The van der Waals surface area contributed by atoms with Crippen molar-refractivity contribution in [2.45, 2.75) is 38.6 Å². The summed E-state index contributed by atoms with van der Waals surface area (Å²) >= 11 is 6.05. The Morgan fingerprint density at radius 2 is 1.94 bits per heavy atom. The largest absolute Gasteiger partial charge is 0.328 e. The molecule has 0 bridgehead atoms. The first-order valence-corrected chi connectivity index (χ1v) is 6.51. The highest BCUT2D eigenvalue weighted by atomic mass is 35.5. The van der Waals surface area contributed by atoms with E-state index in [1.54, 1.807) is 6.07 Å². The number of carbonyl (C=O) groups is 1. The maximum absolute atomic E-state index is 12.3. The Morgan fingerprint density at radius 1 is 1.29 bits per heavy atom. The van der Waals surface area contributed by atoms with Crippen LogP contribution in [0.1, 0.15) is 41.6 Å². The van der Waals surface area contributed by atoms with Gasteiger partial charge in [-0.3, -0.25) is 4.79 Å². The highest BCUT2D eigenvalue weighted by Gasteiger charge is 2.25. The Labute approximate surface area is 107 Å². The Kier molecular flexibility index (Phi) is 3.85. The molecule has 0 saturated heterocycles. The lowest BCUT2D eigenvalue weighted by Gasteiger charge is -2.25. The van der Waals surface area contributed by atoms with E-state index >= 15 is 0 Å². The van der Waals surface area contributed by atoms with Crippen molar-refractivity contribution in [3.05, 3.63) is 34.3 Å². The first-order valence-electron chi connectivity index (χ1n) is 6.14. The molecule has 1 fully saturated rings. The van der Waals surface area contributed by atoms with E-state index in [1.165, 1.54) is 0 Å². The van der Waals surface area contributed by atoms with Gasteiger partial charge in [0.2, 0.25) is 0 Å². The SMILES string of the molecule is Cc1ccc(C(=O)C2CCC(N)CC2)cc1Cl. The molecule has 17 heavy (non-hydrogen) atoms. The van der Waals surface area contributed by atoms with E-state index in [9.17, 15) is 4.79 Å². The normalized spacial score (nSPS) is 24.6. The van der Waals surface area contributed by atoms with Gasteiger partial charge in [-0.05, 0) is 44.2 Å². The van der Waals surface area contributed by atoms with Crippen LogP contribution in [-0.2, 0) is 0 Å². The van der Waals surface area contributed by atoms with E-state index in [0.717, 1.165) is 36.8 Å². The molecule has 1 aromatic carbocycles. The Balaban J connectivity index is 2.11. The zero-order valence-corrected chi connectivity index (χ0v) is 10.8. The fourth-order valence-corrected chi connectivity index (χ4v) is 2.54. The molecule has 1 aromatic rings. The third-order valence-corrected chi connectivity index (χ3v) is 4.01. The zero-order valence-electron chi connectivity index (χ0n) is 10.1. The van der Waals surface area contributed by atoms with Gasteiger partial charge in [0.25, 0.3) is 0 Å². The molecule has 2 nitrogen and oxygen atoms in total. The van der Waals surface area contributed by atoms with E-state index in [0.29, 0.717) is 5.02 Å². The number of carbonyl (C=O) groups excluding carboxylic acids is 1. The van der Waals surface area contributed by atoms with Gasteiger partial charge in [-0.1, -0.05) is 23.7 Å². The lowest BCUT2D eigenvalue weighted by atomic mass is 9.82. The number of rotatable bonds is 2. The van der Waals surface area contributed by atoms with Crippen LogP contribution in [0.2, 0.25) is 5.02 Å². The van der Waals surface area contributed by atoms with Gasteiger partial charge in [0, 0.05) is 22.5 Å². The molecule has 0 aromatic heterocycles. The summed E-state index contributed by atoms with van der Waals surface area (Å²) in [6, 6.07) is 5.84. The Morgan fingerprint density at radius 3 is 2.53 bits per heavy atom. The molecule has 1 aliphatic carbocycles. The van der Waals surface area contributed by atoms with E-state index in [2.05, 4.69) is 0 Å². The average molecular weight is 252 g/mol. The Bertz CT molecular complexity index is 422. The molecule has 2 N–H and O–H groups in total. The van der Waals surface area contributed by atoms with E-state index in [4.69, 9.17) is 17.3 Å². The van der Waals surface area contributed by atoms with Crippen LogP contribution in [0.15, 0.2) is 18.2 Å². The van der Waals surface area contributed by atoms with Crippen molar-refractivity contribution < 1.29 is 4.79 Å². The van der Waals surface area contributed by atoms with Crippen molar-refractivity contribution in [2.24, 2.45) is 11.7 Å². The van der Waals surface area contributed by atoms with Crippen LogP contribution >= 0.6 is 11.6 Å². The van der Waals surface area contributed by atoms with Crippen LogP contribution in [-0.4, -0.2) is 11.8 Å². The maximum Gasteiger partial charge on any atom is 0.165 e. The summed E-state index contributed by atoms with van der Waals surface area (Å²) in [4.78, 5) is 12.3. The number of aryl methyl sites for hydroxylation is 1. The molecule has 0 unspecified atom stereocenters. The van der Waals surface area contributed by atoms with Gasteiger partial charge < -0.3 is 5.73 Å². The number of ketones is 1. The van der Waals surface area contributed by atoms with Crippen molar-refractivity contribution in [3.8, 4) is 0 Å². The molecular formula is C14H18ClNO. The number of hydrogen-bond donors (Lipinski definition) is 1. The van der Waals surface area contributed by atoms with Crippen molar-refractivity contribution in [3.63, 3.8) is 0 Å². The molecular weight excluding hydrogens is 234 g/mol. The van der Waals surface area contributed by atoms with Crippen molar-refractivity contribution in [1.29, 1.82) is 0 Å². The smallest absolute Gasteiger partial charge is 0.165 e. The summed E-state index contributed by atoms with van der Waals surface area (Å²) in [5.74, 6) is 0.354. The van der Waals surface area contributed by atoms with Crippen molar-refractivity contribution in [1.82, 2.24) is 0 Å². The van der Waals surface area contributed by atoms with Crippen LogP contribution in [0.5, 0.6) is 0 Å². The molecule has 2 rings (SSSR count). The third kappa shape index (κ3) is 2.88. The molecule has 1 aliphatic rings. The molecule has 92 valence electrons. The molecule has 0 radical (unpaired) electrons. The van der Waals surface area contributed by atoms with Gasteiger partial charge >= 0.3 is 0 Å². The van der Waals surface area contributed by atoms with Crippen molar-refractivity contribution >= 4 is 17.4 Å². The summed E-state index contributed by atoms with van der Waals surface area (Å²) in [6.45, 7) is 1.94. The summed E-state index contributed by atoms with van der Waals surface area (Å²) in [5, 5.41) is 0.670. The standard InChI is InChI=1S/C14H18ClNO/c1-9-2-3-11(8-13(9)15)14(17)10-4-6-12(16)7-5-10/h2-3,8,10,12H,4-7,16H2,1H3. The summed E-state index contributed by atoms with van der Waals surface area (Å²) in [7, 11) is 0. The second kappa shape index (κ2) is 5.19. The predicted octanol–water partition coefficient (Wildman–Crippen LogP) is 3.35. The van der Waals surface area contributed by atoms with Gasteiger partial charge in [-0.25, -0.2) is 0 Å². The van der Waals surface area contributed by atoms with Gasteiger partial charge in [-0.2, -0.15) is 0 Å². The highest BCUT2D eigenvalue weighted by Crippen LogP contribution is 2.27. The van der Waals surface area contributed by atoms with Crippen LogP contribution in [0, 0.1) is 12.8 Å². The second-order valence-corrected chi connectivity index (χ2v) is 5.35. The predicted molar refractivity (Wildman–Crippen MR) is 70.5 cm³/mol. The van der Waals surface area contributed by atoms with E-state index in [-0.39, 0.29) is 17.7 Å². The monoisotopic (exact) mass is 251 g/mol.